The maximum absolute atomic E-state index is 11.7. The van der Waals surface area contributed by atoms with Crippen molar-refractivity contribution < 1.29 is 14.7 Å². The third kappa shape index (κ3) is 3.39. The highest BCUT2D eigenvalue weighted by molar-refractivity contribution is 6.42. The normalized spacial score (nSPS) is 12.3. The summed E-state index contributed by atoms with van der Waals surface area (Å²) in [5, 5.41) is 9.83. The van der Waals surface area contributed by atoms with Gasteiger partial charge in [-0.1, -0.05) is 35.3 Å². The maximum Gasteiger partial charge on any atom is 0.331 e. The first kappa shape index (κ1) is 15.8. The molecule has 0 saturated heterocycles. The van der Waals surface area contributed by atoms with Crippen molar-refractivity contribution in [2.45, 2.75) is 32.9 Å². The Morgan fingerprint density at radius 3 is 2.26 bits per heavy atom. The molecule has 1 unspecified atom stereocenters. The van der Waals surface area contributed by atoms with Gasteiger partial charge in [0, 0.05) is 18.5 Å². The molecule has 0 heterocycles. The summed E-state index contributed by atoms with van der Waals surface area (Å²) in [4.78, 5) is 24.5. The summed E-state index contributed by atoms with van der Waals surface area (Å²) in [5.41, 5.74) is 0.311. The molecule has 1 atom stereocenters. The fraction of sp³-hybridized carbons (Fsp3) is 0.385. The minimum absolute atomic E-state index is 0.156. The molecule has 1 rings (SSSR count). The quantitative estimate of drug-likeness (QED) is 0.927. The SMILES string of the molecule is CC(=O)N(C(C)C)C(C(=O)O)c1cccc(Cl)c1Cl. The summed E-state index contributed by atoms with van der Waals surface area (Å²) < 4.78 is 0. The Kier molecular flexibility index (Phi) is 5.20. The second-order valence-corrected chi connectivity index (χ2v) is 5.19. The van der Waals surface area contributed by atoms with E-state index in [4.69, 9.17) is 23.2 Å². The molecule has 0 bridgehead atoms. The average Bonchev–Trinajstić information content (AvgIpc) is 2.28. The van der Waals surface area contributed by atoms with Gasteiger partial charge in [0.05, 0.1) is 10.0 Å². The Morgan fingerprint density at radius 2 is 1.84 bits per heavy atom. The van der Waals surface area contributed by atoms with Gasteiger partial charge in [-0.15, -0.1) is 0 Å². The molecular weight excluding hydrogens is 289 g/mol. The van der Waals surface area contributed by atoms with Gasteiger partial charge in [0.25, 0.3) is 0 Å². The zero-order valence-corrected chi connectivity index (χ0v) is 12.4. The number of amides is 1. The van der Waals surface area contributed by atoms with Crippen molar-refractivity contribution in [3.63, 3.8) is 0 Å². The highest BCUT2D eigenvalue weighted by Gasteiger charge is 2.33. The van der Waals surface area contributed by atoms with E-state index in [0.717, 1.165) is 0 Å². The standard InChI is InChI=1S/C13H15Cl2NO3/c1-7(2)16(8(3)17)12(13(18)19)9-5-4-6-10(14)11(9)15/h4-7,12H,1-3H3,(H,18,19). The lowest BCUT2D eigenvalue weighted by molar-refractivity contribution is -0.151. The van der Waals surface area contributed by atoms with Crippen LogP contribution in [0.4, 0.5) is 0 Å². The number of carboxylic acid groups (broad SMARTS) is 1. The van der Waals surface area contributed by atoms with E-state index in [2.05, 4.69) is 0 Å². The number of halogens is 2. The molecule has 104 valence electrons. The molecule has 0 spiro atoms. The fourth-order valence-corrected chi connectivity index (χ4v) is 2.39. The molecule has 0 radical (unpaired) electrons. The highest BCUT2D eigenvalue weighted by Crippen LogP contribution is 2.34. The van der Waals surface area contributed by atoms with Crippen LogP contribution < -0.4 is 0 Å². The number of carbonyl (C=O) groups is 2. The second kappa shape index (κ2) is 6.26. The van der Waals surface area contributed by atoms with Crippen molar-refractivity contribution in [3.8, 4) is 0 Å². The maximum atomic E-state index is 11.7. The summed E-state index contributed by atoms with van der Waals surface area (Å²) in [6, 6.07) is 3.32. The number of carbonyl (C=O) groups excluding carboxylic acids is 1. The summed E-state index contributed by atoms with van der Waals surface area (Å²) >= 11 is 12.0. The van der Waals surface area contributed by atoms with Crippen LogP contribution in [0.1, 0.15) is 32.4 Å². The van der Waals surface area contributed by atoms with Gasteiger partial charge in [0.2, 0.25) is 5.91 Å². The first-order valence-electron chi connectivity index (χ1n) is 5.73. The average molecular weight is 304 g/mol. The minimum Gasteiger partial charge on any atom is -0.479 e. The predicted octanol–water partition coefficient (Wildman–Crippen LogP) is 3.38. The van der Waals surface area contributed by atoms with Gasteiger partial charge in [0.15, 0.2) is 6.04 Å². The molecule has 0 fully saturated rings. The fourth-order valence-electron chi connectivity index (χ4n) is 1.98. The third-order valence-electron chi connectivity index (χ3n) is 2.71. The topological polar surface area (TPSA) is 57.6 Å². The molecule has 6 heteroatoms. The van der Waals surface area contributed by atoms with Gasteiger partial charge in [-0.2, -0.15) is 0 Å². The molecule has 1 aromatic carbocycles. The van der Waals surface area contributed by atoms with Crippen LogP contribution >= 0.6 is 23.2 Å². The molecule has 0 aromatic heterocycles. The van der Waals surface area contributed by atoms with Crippen molar-refractivity contribution in [2.75, 3.05) is 0 Å². The molecule has 0 saturated carbocycles. The lowest BCUT2D eigenvalue weighted by Gasteiger charge is -2.32. The molecule has 4 nitrogen and oxygen atoms in total. The van der Waals surface area contributed by atoms with Crippen molar-refractivity contribution in [3.05, 3.63) is 33.8 Å². The number of aliphatic carboxylic acids is 1. The van der Waals surface area contributed by atoms with E-state index in [1.54, 1.807) is 32.0 Å². The molecular formula is C13H15Cl2NO3. The Morgan fingerprint density at radius 1 is 1.26 bits per heavy atom. The van der Waals surface area contributed by atoms with Crippen LogP contribution in [0.2, 0.25) is 10.0 Å². The van der Waals surface area contributed by atoms with Gasteiger partial charge < -0.3 is 10.0 Å². The molecule has 1 N–H and O–H groups in total. The van der Waals surface area contributed by atoms with Gasteiger partial charge >= 0.3 is 5.97 Å². The van der Waals surface area contributed by atoms with E-state index in [-0.39, 0.29) is 22.0 Å². The van der Waals surface area contributed by atoms with Crippen LogP contribution in [0.25, 0.3) is 0 Å². The largest absolute Gasteiger partial charge is 0.479 e. The van der Waals surface area contributed by atoms with Crippen LogP contribution in [0.15, 0.2) is 18.2 Å². The summed E-state index contributed by atoms with van der Waals surface area (Å²) in [5.74, 6) is -1.48. The Hall–Kier alpha value is -1.26. The van der Waals surface area contributed by atoms with Crippen LogP contribution in [-0.2, 0) is 9.59 Å². The number of hydrogen-bond donors (Lipinski definition) is 1. The first-order valence-corrected chi connectivity index (χ1v) is 6.48. The van der Waals surface area contributed by atoms with Gasteiger partial charge in [-0.25, -0.2) is 4.79 Å². The zero-order valence-electron chi connectivity index (χ0n) is 10.9. The number of nitrogens with zero attached hydrogens (tertiary/aromatic N) is 1. The smallest absolute Gasteiger partial charge is 0.331 e. The van der Waals surface area contributed by atoms with Crippen molar-refractivity contribution >= 4 is 35.1 Å². The Labute approximate surface area is 121 Å². The summed E-state index contributed by atoms with van der Waals surface area (Å²) in [6.07, 6.45) is 0. The van der Waals surface area contributed by atoms with Crippen molar-refractivity contribution in [1.82, 2.24) is 4.90 Å². The van der Waals surface area contributed by atoms with Crippen molar-refractivity contribution in [2.24, 2.45) is 0 Å². The molecule has 19 heavy (non-hydrogen) atoms. The van der Waals surface area contributed by atoms with Crippen LogP contribution in [0.3, 0.4) is 0 Å². The van der Waals surface area contributed by atoms with Gasteiger partial charge in [-0.3, -0.25) is 4.79 Å². The predicted molar refractivity (Wildman–Crippen MR) is 74.5 cm³/mol. The van der Waals surface area contributed by atoms with Gasteiger partial charge in [-0.05, 0) is 19.9 Å². The highest BCUT2D eigenvalue weighted by atomic mass is 35.5. The molecule has 0 aliphatic heterocycles. The van der Waals surface area contributed by atoms with E-state index in [9.17, 15) is 14.7 Å². The lowest BCUT2D eigenvalue weighted by atomic mass is 10.0. The number of benzene rings is 1. The van der Waals surface area contributed by atoms with Gasteiger partial charge in [0.1, 0.15) is 0 Å². The van der Waals surface area contributed by atoms with E-state index < -0.39 is 12.0 Å². The number of hydrogen-bond acceptors (Lipinski definition) is 2. The zero-order chi connectivity index (χ0) is 14.7. The van der Waals surface area contributed by atoms with E-state index >= 15 is 0 Å². The van der Waals surface area contributed by atoms with E-state index in [1.165, 1.54) is 11.8 Å². The van der Waals surface area contributed by atoms with Crippen LogP contribution in [-0.4, -0.2) is 27.9 Å². The first-order chi connectivity index (χ1) is 8.77. The number of rotatable bonds is 4. The number of carboxylic acids is 1. The van der Waals surface area contributed by atoms with E-state index in [1.807, 2.05) is 0 Å². The lowest BCUT2D eigenvalue weighted by Crippen LogP contribution is -2.42. The van der Waals surface area contributed by atoms with E-state index in [0.29, 0.717) is 5.56 Å². The van der Waals surface area contributed by atoms with Crippen LogP contribution in [0.5, 0.6) is 0 Å². The molecule has 1 aromatic rings. The summed E-state index contributed by atoms with van der Waals surface area (Å²) in [6.45, 7) is 4.82. The van der Waals surface area contributed by atoms with Crippen molar-refractivity contribution in [1.29, 1.82) is 0 Å². The molecule has 0 aliphatic carbocycles. The molecule has 1 amide bonds. The molecule has 0 aliphatic rings. The Bertz CT molecular complexity index is 503. The Balaban J connectivity index is 3.39. The summed E-state index contributed by atoms with van der Waals surface area (Å²) in [7, 11) is 0. The second-order valence-electron chi connectivity index (χ2n) is 4.40. The monoisotopic (exact) mass is 303 g/mol. The third-order valence-corrected chi connectivity index (χ3v) is 3.54. The minimum atomic E-state index is -1.15. The van der Waals surface area contributed by atoms with Crippen LogP contribution in [0, 0.1) is 0 Å².